The van der Waals surface area contributed by atoms with E-state index < -0.39 is 21.8 Å². The number of carbonyl (C=O) groups excluding carboxylic acids is 2. The summed E-state index contributed by atoms with van der Waals surface area (Å²) in [6.07, 6.45) is 4.99. The number of hydrazone groups is 1. The second-order valence-electron chi connectivity index (χ2n) is 8.78. The molecule has 0 bridgehead atoms. The van der Waals surface area contributed by atoms with Gasteiger partial charge in [-0.2, -0.15) is 5.10 Å². The summed E-state index contributed by atoms with van der Waals surface area (Å²) >= 11 is 0. The molecule has 1 atom stereocenters. The Labute approximate surface area is 192 Å². The minimum Gasteiger partial charge on any atom is -0.321 e. The Morgan fingerprint density at radius 2 is 1.97 bits per heavy atom. The van der Waals surface area contributed by atoms with Crippen molar-refractivity contribution in [2.75, 3.05) is 16.8 Å². The molecule has 0 radical (unpaired) electrons. The molecule has 2 amide bonds. The van der Waals surface area contributed by atoms with Crippen molar-refractivity contribution in [3.63, 3.8) is 0 Å². The molecule has 0 unspecified atom stereocenters. The van der Waals surface area contributed by atoms with E-state index in [1.807, 2.05) is 18.2 Å². The third-order valence-electron chi connectivity index (χ3n) is 6.36. The van der Waals surface area contributed by atoms with Crippen molar-refractivity contribution in [2.24, 2.45) is 5.10 Å². The van der Waals surface area contributed by atoms with Crippen LogP contribution in [0.5, 0.6) is 0 Å². The third-order valence-corrected chi connectivity index (χ3v) is 8.11. The normalized spacial score (nSPS) is 22.4. The molecule has 2 aromatic rings. The maximum Gasteiger partial charge on any atom is 0.271 e. The van der Waals surface area contributed by atoms with E-state index in [2.05, 4.69) is 25.2 Å². The average Bonchev–Trinajstić information content (AvgIpc) is 3.28. The first kappa shape index (κ1) is 21.7. The Hall–Kier alpha value is -3.08. The van der Waals surface area contributed by atoms with Crippen molar-refractivity contribution < 1.29 is 18.0 Å². The molecule has 1 saturated heterocycles. The first-order chi connectivity index (χ1) is 15.9. The van der Waals surface area contributed by atoms with Crippen molar-refractivity contribution in [1.82, 2.24) is 19.8 Å². The van der Waals surface area contributed by atoms with Crippen LogP contribution in [0.3, 0.4) is 0 Å². The fourth-order valence-electron chi connectivity index (χ4n) is 4.63. The van der Waals surface area contributed by atoms with Crippen molar-refractivity contribution in [3.8, 4) is 11.4 Å². The average molecular weight is 471 g/mol. The molecule has 1 aromatic carbocycles. The van der Waals surface area contributed by atoms with Crippen LogP contribution >= 0.6 is 0 Å². The van der Waals surface area contributed by atoms with E-state index in [9.17, 15) is 18.0 Å². The smallest absolute Gasteiger partial charge is 0.271 e. The standard InChI is InChI=1S/C22H26N6O4S/c29-20-9-8-18(26-28(20)17-10-12-33(31,32)14-17)22(30)23-16-6-4-5-15(13-16)21-25-24-19-7-2-1-3-11-27(19)21/h4-6,13,17H,1-3,7-12,14H2,(H,23,30)/t17-/m0/s1. The zero-order chi connectivity index (χ0) is 23.0. The number of aryl methyl sites for hydroxylation is 1. The molecule has 4 heterocycles. The molecule has 5 rings (SSSR count). The molecule has 1 N–H and O–H groups in total. The van der Waals surface area contributed by atoms with Gasteiger partial charge in [-0.05, 0) is 31.4 Å². The number of nitrogens with one attached hydrogen (secondary N) is 1. The van der Waals surface area contributed by atoms with Crippen LogP contribution in [0.2, 0.25) is 0 Å². The molecule has 1 aromatic heterocycles. The van der Waals surface area contributed by atoms with Gasteiger partial charge >= 0.3 is 0 Å². The van der Waals surface area contributed by atoms with Crippen LogP contribution in [0, 0.1) is 0 Å². The zero-order valence-electron chi connectivity index (χ0n) is 18.2. The summed E-state index contributed by atoms with van der Waals surface area (Å²) in [7, 11) is -3.17. The van der Waals surface area contributed by atoms with Crippen LogP contribution in [0.15, 0.2) is 29.4 Å². The molecule has 0 spiro atoms. The minimum atomic E-state index is -3.17. The second kappa shape index (κ2) is 8.69. The van der Waals surface area contributed by atoms with Gasteiger partial charge in [0.15, 0.2) is 15.7 Å². The maximum atomic E-state index is 12.9. The van der Waals surface area contributed by atoms with Crippen molar-refractivity contribution in [2.45, 2.75) is 57.5 Å². The van der Waals surface area contributed by atoms with Gasteiger partial charge in [-0.15, -0.1) is 10.2 Å². The van der Waals surface area contributed by atoms with Gasteiger partial charge in [-0.25, -0.2) is 13.4 Å². The topological polar surface area (TPSA) is 127 Å². The van der Waals surface area contributed by atoms with Crippen LogP contribution in [-0.2, 0) is 32.4 Å². The van der Waals surface area contributed by atoms with Crippen LogP contribution in [0.4, 0.5) is 5.69 Å². The van der Waals surface area contributed by atoms with E-state index in [4.69, 9.17) is 0 Å². The highest BCUT2D eigenvalue weighted by Gasteiger charge is 2.37. The highest BCUT2D eigenvalue weighted by molar-refractivity contribution is 7.91. The first-order valence-corrected chi connectivity index (χ1v) is 13.2. The highest BCUT2D eigenvalue weighted by atomic mass is 32.2. The van der Waals surface area contributed by atoms with E-state index >= 15 is 0 Å². The number of amides is 2. The summed E-state index contributed by atoms with van der Waals surface area (Å²) < 4.78 is 25.8. The fourth-order valence-corrected chi connectivity index (χ4v) is 6.32. The summed E-state index contributed by atoms with van der Waals surface area (Å²) in [6.45, 7) is 0.881. The monoisotopic (exact) mass is 470 g/mol. The number of rotatable bonds is 4. The number of hydrogen-bond acceptors (Lipinski definition) is 7. The van der Waals surface area contributed by atoms with Gasteiger partial charge in [-0.1, -0.05) is 18.6 Å². The molecular weight excluding hydrogens is 444 g/mol. The fraction of sp³-hybridized carbons (Fsp3) is 0.500. The van der Waals surface area contributed by atoms with Gasteiger partial charge in [0.05, 0.1) is 17.5 Å². The molecular formula is C22H26N6O4S. The van der Waals surface area contributed by atoms with Gasteiger partial charge in [-0.3, -0.25) is 9.59 Å². The molecule has 174 valence electrons. The number of anilines is 1. The lowest BCUT2D eigenvalue weighted by Gasteiger charge is -2.27. The number of nitrogens with zero attached hydrogens (tertiary/aromatic N) is 5. The number of carbonyl (C=O) groups is 2. The summed E-state index contributed by atoms with van der Waals surface area (Å²) in [6, 6.07) is 6.94. The lowest BCUT2D eigenvalue weighted by molar-refractivity contribution is -0.133. The first-order valence-electron chi connectivity index (χ1n) is 11.3. The third kappa shape index (κ3) is 4.54. The van der Waals surface area contributed by atoms with Crippen LogP contribution in [0.1, 0.15) is 44.3 Å². The van der Waals surface area contributed by atoms with Crippen molar-refractivity contribution in [1.29, 1.82) is 0 Å². The highest BCUT2D eigenvalue weighted by Crippen LogP contribution is 2.26. The number of aromatic nitrogens is 3. The number of fused-ring (bicyclic) bond motifs is 1. The largest absolute Gasteiger partial charge is 0.321 e. The lowest BCUT2D eigenvalue weighted by atomic mass is 10.1. The Morgan fingerprint density at radius 3 is 2.79 bits per heavy atom. The second-order valence-corrected chi connectivity index (χ2v) is 11.0. The zero-order valence-corrected chi connectivity index (χ0v) is 19.1. The minimum absolute atomic E-state index is 0.0393. The Balaban J connectivity index is 1.34. The molecule has 0 saturated carbocycles. The maximum absolute atomic E-state index is 12.9. The van der Waals surface area contributed by atoms with Crippen LogP contribution < -0.4 is 5.32 Å². The SMILES string of the molecule is O=C(Nc1cccc(-c2nnc3n2CCCCC3)c1)C1=NN([C@H]2CCS(=O)(=O)C2)C(=O)CC1. The molecule has 1 fully saturated rings. The van der Waals surface area contributed by atoms with E-state index in [0.717, 1.165) is 43.0 Å². The molecule has 0 aliphatic carbocycles. The number of sulfone groups is 1. The summed E-state index contributed by atoms with van der Waals surface area (Å²) in [4.78, 5) is 25.2. The van der Waals surface area contributed by atoms with Gasteiger partial charge < -0.3 is 9.88 Å². The molecule has 10 nitrogen and oxygen atoms in total. The van der Waals surface area contributed by atoms with Crippen LogP contribution in [-0.4, -0.2) is 63.3 Å². The molecule has 33 heavy (non-hydrogen) atoms. The predicted octanol–water partition coefficient (Wildman–Crippen LogP) is 1.78. The lowest BCUT2D eigenvalue weighted by Crippen LogP contribution is -2.42. The van der Waals surface area contributed by atoms with Crippen molar-refractivity contribution in [3.05, 3.63) is 30.1 Å². The van der Waals surface area contributed by atoms with Gasteiger partial charge in [0.2, 0.25) is 5.91 Å². The molecule has 3 aliphatic rings. The van der Waals surface area contributed by atoms with E-state index in [-0.39, 0.29) is 36.0 Å². The Kier molecular flexibility index (Phi) is 5.73. The number of hydrogen-bond donors (Lipinski definition) is 1. The van der Waals surface area contributed by atoms with E-state index in [0.29, 0.717) is 12.1 Å². The quantitative estimate of drug-likeness (QED) is 0.726. The molecule has 11 heteroatoms. The van der Waals surface area contributed by atoms with Gasteiger partial charge in [0.25, 0.3) is 5.91 Å². The van der Waals surface area contributed by atoms with E-state index in [1.165, 1.54) is 11.4 Å². The molecule has 3 aliphatic heterocycles. The van der Waals surface area contributed by atoms with Gasteiger partial charge in [0.1, 0.15) is 11.5 Å². The van der Waals surface area contributed by atoms with E-state index in [1.54, 1.807) is 6.07 Å². The van der Waals surface area contributed by atoms with Gasteiger partial charge in [0, 0.05) is 37.1 Å². The van der Waals surface area contributed by atoms with Crippen LogP contribution in [0.25, 0.3) is 11.4 Å². The summed E-state index contributed by atoms with van der Waals surface area (Å²) in [5.41, 5.74) is 1.69. The Bertz CT molecular complexity index is 1240. The predicted molar refractivity (Wildman–Crippen MR) is 122 cm³/mol. The summed E-state index contributed by atoms with van der Waals surface area (Å²) in [5.74, 6) is 1.07. The summed E-state index contributed by atoms with van der Waals surface area (Å²) in [5, 5.41) is 17.0. The Morgan fingerprint density at radius 1 is 1.09 bits per heavy atom. The number of benzene rings is 1. The van der Waals surface area contributed by atoms with Crippen molar-refractivity contribution >= 4 is 33.1 Å².